The molecule has 1 aromatic carbocycles. The van der Waals surface area contributed by atoms with E-state index in [0.717, 1.165) is 31.2 Å². The van der Waals surface area contributed by atoms with Gasteiger partial charge in [0, 0.05) is 12.2 Å². The van der Waals surface area contributed by atoms with Crippen LogP contribution in [0.4, 0.5) is 4.39 Å². The van der Waals surface area contributed by atoms with Crippen molar-refractivity contribution in [3.05, 3.63) is 35.1 Å². The lowest BCUT2D eigenvalue weighted by Gasteiger charge is -2.27. The third kappa shape index (κ3) is 2.46. The van der Waals surface area contributed by atoms with Gasteiger partial charge in [-0.05, 0) is 63.3 Å². The summed E-state index contributed by atoms with van der Waals surface area (Å²) in [5.74, 6) is -0.424. The van der Waals surface area contributed by atoms with Crippen molar-refractivity contribution in [1.82, 2.24) is 0 Å². The summed E-state index contributed by atoms with van der Waals surface area (Å²) in [5.41, 5.74) is 0.487. The number of benzene rings is 1. The third-order valence-corrected chi connectivity index (χ3v) is 3.55. The lowest BCUT2D eigenvalue weighted by molar-refractivity contribution is -0.0163. The molecule has 0 saturated heterocycles. The van der Waals surface area contributed by atoms with Gasteiger partial charge in [-0.2, -0.15) is 0 Å². The average Bonchev–Trinajstić information content (AvgIpc) is 2.77. The first-order valence-corrected chi connectivity index (χ1v) is 6.53. The smallest absolute Gasteiger partial charge is 0.194 e. The highest BCUT2D eigenvalue weighted by Gasteiger charge is 2.42. The van der Waals surface area contributed by atoms with Crippen molar-refractivity contribution in [2.75, 3.05) is 6.61 Å². The molecular formula is C15H19FO2. The number of carbonyl (C=O) groups excluding carboxylic acids is 1. The molecule has 1 fully saturated rings. The molecule has 0 unspecified atom stereocenters. The van der Waals surface area contributed by atoms with Crippen LogP contribution in [-0.4, -0.2) is 18.0 Å². The predicted octanol–water partition coefficient (Wildman–Crippen LogP) is 3.67. The summed E-state index contributed by atoms with van der Waals surface area (Å²) in [6.45, 7) is 4.20. The zero-order valence-electron chi connectivity index (χ0n) is 11.0. The number of hydrogen-bond donors (Lipinski definition) is 0. The summed E-state index contributed by atoms with van der Waals surface area (Å²) >= 11 is 0. The van der Waals surface area contributed by atoms with Gasteiger partial charge in [0.15, 0.2) is 5.78 Å². The molecular weight excluding hydrogens is 231 g/mol. The molecule has 98 valence electrons. The van der Waals surface area contributed by atoms with Crippen molar-refractivity contribution in [3.8, 4) is 0 Å². The Hall–Kier alpha value is -1.22. The molecule has 0 aliphatic heterocycles. The molecule has 0 bridgehead atoms. The van der Waals surface area contributed by atoms with Crippen molar-refractivity contribution >= 4 is 5.78 Å². The topological polar surface area (TPSA) is 26.3 Å². The largest absolute Gasteiger partial charge is 0.367 e. The van der Waals surface area contributed by atoms with Crippen molar-refractivity contribution in [2.24, 2.45) is 0 Å². The molecule has 1 aliphatic carbocycles. The van der Waals surface area contributed by atoms with Gasteiger partial charge in [-0.15, -0.1) is 0 Å². The molecule has 0 N–H and O–H groups in total. The Morgan fingerprint density at radius 1 is 1.33 bits per heavy atom. The fraction of sp³-hybridized carbons (Fsp3) is 0.533. The molecule has 2 nitrogen and oxygen atoms in total. The van der Waals surface area contributed by atoms with E-state index in [1.165, 1.54) is 12.1 Å². The van der Waals surface area contributed by atoms with Crippen LogP contribution in [0.3, 0.4) is 0 Å². The molecule has 0 heterocycles. The quantitative estimate of drug-likeness (QED) is 0.762. The van der Waals surface area contributed by atoms with Crippen LogP contribution in [-0.2, 0) is 4.74 Å². The first-order valence-electron chi connectivity index (χ1n) is 6.53. The highest BCUT2D eigenvalue weighted by atomic mass is 19.1. The first-order chi connectivity index (χ1) is 8.57. The molecule has 0 spiro atoms. The van der Waals surface area contributed by atoms with Gasteiger partial charge < -0.3 is 4.74 Å². The summed E-state index contributed by atoms with van der Waals surface area (Å²) in [6.07, 6.45) is 3.49. The molecule has 2 rings (SSSR count). The zero-order chi connectivity index (χ0) is 13.2. The fourth-order valence-corrected chi connectivity index (χ4v) is 2.79. The number of aryl methyl sites for hydroxylation is 1. The fourth-order valence-electron chi connectivity index (χ4n) is 2.79. The van der Waals surface area contributed by atoms with E-state index < -0.39 is 5.60 Å². The van der Waals surface area contributed by atoms with E-state index in [0.29, 0.717) is 12.2 Å². The molecule has 1 aromatic rings. The van der Waals surface area contributed by atoms with Gasteiger partial charge >= 0.3 is 0 Å². The Labute approximate surface area is 107 Å². The molecule has 1 aliphatic rings. The first kappa shape index (κ1) is 13.2. The second kappa shape index (κ2) is 5.19. The summed E-state index contributed by atoms with van der Waals surface area (Å²) in [4.78, 5) is 12.6. The maximum atomic E-state index is 13.4. The van der Waals surface area contributed by atoms with E-state index in [-0.39, 0.29) is 11.6 Å². The average molecular weight is 250 g/mol. The van der Waals surface area contributed by atoms with Gasteiger partial charge in [-0.25, -0.2) is 4.39 Å². The standard InChI is InChI=1S/C15H19FO2/c1-3-18-15(6-4-5-7-15)14(17)12-8-11(2)9-13(16)10-12/h8-10H,3-7H2,1-2H3. The number of carbonyl (C=O) groups is 1. The normalized spacial score (nSPS) is 17.9. The molecule has 3 heteroatoms. The molecule has 18 heavy (non-hydrogen) atoms. The second-order valence-corrected chi connectivity index (χ2v) is 4.98. The van der Waals surface area contributed by atoms with Crippen molar-refractivity contribution in [3.63, 3.8) is 0 Å². The van der Waals surface area contributed by atoms with E-state index in [1.54, 1.807) is 13.0 Å². The Bertz CT molecular complexity index is 428. The Balaban J connectivity index is 2.33. The minimum absolute atomic E-state index is 0.0653. The van der Waals surface area contributed by atoms with Crippen molar-refractivity contribution in [1.29, 1.82) is 0 Å². The van der Waals surface area contributed by atoms with E-state index in [4.69, 9.17) is 4.74 Å². The second-order valence-electron chi connectivity index (χ2n) is 4.98. The number of ether oxygens (including phenoxy) is 1. The maximum absolute atomic E-state index is 13.4. The van der Waals surface area contributed by atoms with Crippen LogP contribution in [0, 0.1) is 12.7 Å². The highest BCUT2D eigenvalue weighted by molar-refractivity contribution is 6.02. The van der Waals surface area contributed by atoms with Gasteiger partial charge in [0.25, 0.3) is 0 Å². The van der Waals surface area contributed by atoms with Crippen LogP contribution in [0.15, 0.2) is 18.2 Å². The molecule has 0 aromatic heterocycles. The summed E-state index contributed by atoms with van der Waals surface area (Å²) < 4.78 is 19.1. The Kier molecular flexibility index (Phi) is 3.81. The molecule has 0 amide bonds. The molecule has 0 atom stereocenters. The zero-order valence-corrected chi connectivity index (χ0v) is 11.0. The SMILES string of the molecule is CCOC1(C(=O)c2cc(C)cc(F)c2)CCCC1. The van der Waals surface area contributed by atoms with Gasteiger partial charge in [-0.3, -0.25) is 4.79 Å². The van der Waals surface area contributed by atoms with E-state index in [2.05, 4.69) is 0 Å². The van der Waals surface area contributed by atoms with Crippen LogP contribution in [0.1, 0.15) is 48.5 Å². The lowest BCUT2D eigenvalue weighted by Crippen LogP contribution is -2.39. The van der Waals surface area contributed by atoms with E-state index in [1.807, 2.05) is 6.92 Å². The number of Topliss-reactive ketones (excluding diaryl/α,β-unsaturated/α-hetero) is 1. The maximum Gasteiger partial charge on any atom is 0.194 e. The van der Waals surface area contributed by atoms with Gasteiger partial charge in [0.05, 0.1) is 0 Å². The van der Waals surface area contributed by atoms with Gasteiger partial charge in [0.1, 0.15) is 11.4 Å². The highest BCUT2D eigenvalue weighted by Crippen LogP contribution is 2.36. The number of halogens is 1. The number of rotatable bonds is 4. The minimum atomic E-state index is -0.713. The Morgan fingerprint density at radius 2 is 2.00 bits per heavy atom. The van der Waals surface area contributed by atoms with E-state index >= 15 is 0 Å². The van der Waals surface area contributed by atoms with Crippen LogP contribution in [0.25, 0.3) is 0 Å². The van der Waals surface area contributed by atoms with Crippen molar-refractivity contribution in [2.45, 2.75) is 45.1 Å². The molecule has 1 saturated carbocycles. The summed E-state index contributed by atoms with van der Waals surface area (Å²) in [7, 11) is 0. The van der Waals surface area contributed by atoms with Gasteiger partial charge in [0.2, 0.25) is 0 Å². The summed E-state index contributed by atoms with van der Waals surface area (Å²) in [5, 5.41) is 0. The monoisotopic (exact) mass is 250 g/mol. The van der Waals surface area contributed by atoms with Crippen LogP contribution in [0.5, 0.6) is 0 Å². The lowest BCUT2D eigenvalue weighted by atomic mass is 9.90. The van der Waals surface area contributed by atoms with Crippen LogP contribution >= 0.6 is 0 Å². The number of hydrogen-bond acceptors (Lipinski definition) is 2. The summed E-state index contributed by atoms with van der Waals surface area (Å²) in [6, 6.07) is 4.48. The van der Waals surface area contributed by atoms with Crippen molar-refractivity contribution < 1.29 is 13.9 Å². The van der Waals surface area contributed by atoms with Crippen LogP contribution in [0.2, 0.25) is 0 Å². The third-order valence-electron chi connectivity index (χ3n) is 3.55. The molecule has 0 radical (unpaired) electrons. The van der Waals surface area contributed by atoms with Crippen LogP contribution < -0.4 is 0 Å². The number of ketones is 1. The minimum Gasteiger partial charge on any atom is -0.367 e. The van der Waals surface area contributed by atoms with E-state index in [9.17, 15) is 9.18 Å². The predicted molar refractivity (Wildman–Crippen MR) is 68.3 cm³/mol. The Morgan fingerprint density at radius 3 is 2.56 bits per heavy atom. The van der Waals surface area contributed by atoms with Gasteiger partial charge in [-0.1, -0.05) is 0 Å².